The molecule has 0 amide bonds. The monoisotopic (exact) mass is 250 g/mol. The minimum atomic E-state index is -3.77. The van der Waals surface area contributed by atoms with Gasteiger partial charge in [-0.1, -0.05) is 0 Å². The Morgan fingerprint density at radius 1 is 1.67 bits per heavy atom. The molecule has 84 valence electrons. The van der Waals surface area contributed by atoms with Gasteiger partial charge in [0, 0.05) is 13.1 Å². The summed E-state index contributed by atoms with van der Waals surface area (Å²) < 4.78 is 4.74. The number of nitrogens with zero attached hydrogens (tertiary/aromatic N) is 4. The minimum absolute atomic E-state index is 0.261. The maximum absolute atomic E-state index is 8.98. The average molecular weight is 250 g/mol. The van der Waals surface area contributed by atoms with E-state index in [0.717, 1.165) is 5.06 Å². The molecule has 1 saturated heterocycles. The van der Waals surface area contributed by atoms with Gasteiger partial charge in [0.1, 0.15) is 0 Å². The summed E-state index contributed by atoms with van der Waals surface area (Å²) in [6.07, 6.45) is 1.63. The van der Waals surface area contributed by atoms with Crippen LogP contribution in [0.1, 0.15) is 6.92 Å². The normalized spacial score (nSPS) is 19.7. The molecule has 2 N–H and O–H groups in total. The summed E-state index contributed by atoms with van der Waals surface area (Å²) in [5.41, 5.74) is 0. The third kappa shape index (κ3) is 3.41. The van der Waals surface area contributed by atoms with Gasteiger partial charge in [0.05, 0.1) is 6.54 Å². The Kier molecular flexibility index (Phi) is 4.02. The maximum Gasteiger partial charge on any atom is 0.344 e. The summed E-state index contributed by atoms with van der Waals surface area (Å²) in [6.45, 7) is -0.224. The molecule has 0 aromatic rings. The zero-order chi connectivity index (χ0) is 11.5. The van der Waals surface area contributed by atoms with Crippen molar-refractivity contribution in [2.75, 3.05) is 19.6 Å². The molecule has 9 heteroatoms. The van der Waals surface area contributed by atoms with Crippen LogP contribution in [0.4, 0.5) is 0 Å². The minimum Gasteiger partial charge on any atom is -0.339 e. The van der Waals surface area contributed by atoms with Crippen LogP contribution in [-0.4, -0.2) is 45.3 Å². The smallest absolute Gasteiger partial charge is 0.339 e. The van der Waals surface area contributed by atoms with E-state index in [9.17, 15) is 0 Å². The number of hydrogen-bond acceptors (Lipinski definition) is 4. The summed E-state index contributed by atoms with van der Waals surface area (Å²) in [4.78, 5) is 23.3. The van der Waals surface area contributed by atoms with Gasteiger partial charge in [-0.25, -0.2) is 5.06 Å². The first-order valence-corrected chi connectivity index (χ1v) is 6.85. The van der Waals surface area contributed by atoms with Gasteiger partial charge >= 0.3 is 6.72 Å². The highest BCUT2D eigenvalue weighted by atomic mass is 32.5. The standard InChI is InChI=1S/C6H11N4O3PS/c1-2-9-3-4-10(6(9)8-5-7)13-14(11,12)15/h2-4H2,1H3,(H2,11,12,15). The van der Waals surface area contributed by atoms with Crippen LogP contribution in [-0.2, 0) is 16.4 Å². The topological polar surface area (TPSA) is 92.3 Å². The number of hydroxylamine groups is 2. The molecule has 0 unspecified atom stereocenters. The van der Waals surface area contributed by atoms with Crippen molar-refractivity contribution in [2.24, 2.45) is 4.99 Å². The van der Waals surface area contributed by atoms with Crippen molar-refractivity contribution in [3.8, 4) is 6.19 Å². The van der Waals surface area contributed by atoms with Gasteiger partial charge in [-0.15, -0.1) is 4.99 Å². The molecule has 7 nitrogen and oxygen atoms in total. The van der Waals surface area contributed by atoms with E-state index in [4.69, 9.17) is 19.7 Å². The molecular formula is C6H11N4O3PS. The summed E-state index contributed by atoms with van der Waals surface area (Å²) >= 11 is 4.34. The first kappa shape index (κ1) is 12.4. The van der Waals surface area contributed by atoms with Gasteiger partial charge in [0.2, 0.25) is 12.2 Å². The molecule has 0 saturated carbocycles. The highest BCUT2D eigenvalue weighted by molar-refractivity contribution is 8.06. The third-order valence-corrected chi connectivity index (χ3v) is 2.43. The van der Waals surface area contributed by atoms with E-state index in [1.165, 1.54) is 0 Å². The van der Waals surface area contributed by atoms with Gasteiger partial charge in [-0.3, -0.25) is 0 Å². The van der Waals surface area contributed by atoms with Gasteiger partial charge in [-0.2, -0.15) is 9.89 Å². The second kappa shape index (κ2) is 4.88. The van der Waals surface area contributed by atoms with E-state index < -0.39 is 6.72 Å². The average Bonchev–Trinajstić information content (AvgIpc) is 2.47. The Morgan fingerprint density at radius 3 is 2.80 bits per heavy atom. The van der Waals surface area contributed by atoms with E-state index >= 15 is 0 Å². The van der Waals surface area contributed by atoms with Crippen LogP contribution >= 0.6 is 6.72 Å². The van der Waals surface area contributed by atoms with Crippen molar-refractivity contribution in [3.63, 3.8) is 0 Å². The number of guanidine groups is 1. The SMILES string of the molecule is CCN1CCN(OP(O)(O)=S)C1=NC#N. The van der Waals surface area contributed by atoms with Crippen molar-refractivity contribution in [2.45, 2.75) is 6.92 Å². The van der Waals surface area contributed by atoms with Crippen LogP contribution in [0, 0.1) is 11.5 Å². The largest absolute Gasteiger partial charge is 0.344 e. The molecule has 0 atom stereocenters. The number of nitriles is 1. The molecule has 15 heavy (non-hydrogen) atoms. The van der Waals surface area contributed by atoms with E-state index in [1.807, 2.05) is 6.92 Å². The summed E-state index contributed by atoms with van der Waals surface area (Å²) in [5.74, 6) is 0.261. The Hall–Kier alpha value is -0.710. The zero-order valence-corrected chi connectivity index (χ0v) is 9.78. The summed E-state index contributed by atoms with van der Waals surface area (Å²) in [7, 11) is 0. The molecule has 0 radical (unpaired) electrons. The summed E-state index contributed by atoms with van der Waals surface area (Å²) in [5, 5.41) is 9.61. The van der Waals surface area contributed by atoms with Gasteiger partial charge in [-0.05, 0) is 18.7 Å². The molecule has 1 heterocycles. The molecule has 1 aliphatic rings. The second-order valence-corrected chi connectivity index (χ2v) is 5.34. The molecule has 0 aromatic heterocycles. The van der Waals surface area contributed by atoms with Gasteiger partial charge in [0.25, 0.3) is 0 Å². The number of likely N-dealkylation sites (N-methyl/N-ethyl adjacent to an activating group) is 1. The lowest BCUT2D eigenvalue weighted by molar-refractivity contribution is 0.0156. The highest BCUT2D eigenvalue weighted by Crippen LogP contribution is 2.38. The number of hydrogen-bond donors (Lipinski definition) is 2. The fourth-order valence-corrected chi connectivity index (χ4v) is 1.90. The first-order chi connectivity index (χ1) is 6.98. The first-order valence-electron chi connectivity index (χ1n) is 4.22. The predicted octanol–water partition coefficient (Wildman–Crippen LogP) is -0.398. The third-order valence-electron chi connectivity index (χ3n) is 1.82. The molecule has 1 fully saturated rings. The van der Waals surface area contributed by atoms with E-state index in [2.05, 4.69) is 16.8 Å². The molecule has 0 spiro atoms. The Morgan fingerprint density at radius 2 is 2.33 bits per heavy atom. The maximum atomic E-state index is 8.98. The number of aliphatic imine (C=N–C) groups is 1. The molecule has 1 aliphatic heterocycles. The quantitative estimate of drug-likeness (QED) is 0.520. The van der Waals surface area contributed by atoms with Gasteiger partial charge in [0.15, 0.2) is 0 Å². The van der Waals surface area contributed by atoms with E-state index in [1.54, 1.807) is 11.1 Å². The van der Waals surface area contributed by atoms with Crippen molar-refractivity contribution in [3.05, 3.63) is 0 Å². The van der Waals surface area contributed by atoms with Crippen LogP contribution in [0.5, 0.6) is 0 Å². The van der Waals surface area contributed by atoms with Crippen molar-refractivity contribution < 1.29 is 14.4 Å². The fourth-order valence-electron chi connectivity index (χ4n) is 1.25. The van der Waals surface area contributed by atoms with Crippen LogP contribution in [0.2, 0.25) is 0 Å². The van der Waals surface area contributed by atoms with Crippen LogP contribution in [0.15, 0.2) is 4.99 Å². The van der Waals surface area contributed by atoms with Crippen molar-refractivity contribution >= 4 is 24.5 Å². The zero-order valence-electron chi connectivity index (χ0n) is 8.07. The molecule has 0 aliphatic carbocycles. The lowest BCUT2D eigenvalue weighted by Gasteiger charge is -2.21. The van der Waals surface area contributed by atoms with Crippen LogP contribution < -0.4 is 0 Å². The Balaban J connectivity index is 2.80. The number of rotatable bonds is 3. The van der Waals surface area contributed by atoms with Gasteiger partial charge < -0.3 is 14.7 Å². The molecule has 0 bridgehead atoms. The fraction of sp³-hybridized carbons (Fsp3) is 0.667. The van der Waals surface area contributed by atoms with E-state index in [0.29, 0.717) is 19.6 Å². The Labute approximate surface area is 92.4 Å². The van der Waals surface area contributed by atoms with Crippen LogP contribution in [0.25, 0.3) is 0 Å². The lowest BCUT2D eigenvalue weighted by atomic mass is 10.6. The molecule has 0 aromatic carbocycles. The predicted molar refractivity (Wildman–Crippen MR) is 56.8 cm³/mol. The molecule has 1 rings (SSSR count). The highest BCUT2D eigenvalue weighted by Gasteiger charge is 2.30. The Bertz CT molecular complexity index is 349. The lowest BCUT2D eigenvalue weighted by Crippen LogP contribution is -2.32. The van der Waals surface area contributed by atoms with Crippen molar-refractivity contribution in [1.82, 2.24) is 9.96 Å². The van der Waals surface area contributed by atoms with E-state index in [-0.39, 0.29) is 5.96 Å². The summed E-state index contributed by atoms with van der Waals surface area (Å²) in [6, 6.07) is 0. The second-order valence-electron chi connectivity index (χ2n) is 2.77. The molecular weight excluding hydrogens is 239 g/mol. The van der Waals surface area contributed by atoms with Crippen molar-refractivity contribution in [1.29, 1.82) is 5.26 Å². The van der Waals surface area contributed by atoms with Crippen LogP contribution in [0.3, 0.4) is 0 Å².